The third-order valence-electron chi connectivity index (χ3n) is 4.40. The predicted molar refractivity (Wildman–Crippen MR) is 112 cm³/mol. The number of benzene rings is 1. The van der Waals surface area contributed by atoms with Crippen molar-refractivity contribution in [1.82, 2.24) is 29.9 Å². The van der Waals surface area contributed by atoms with E-state index in [1.54, 1.807) is 29.9 Å². The predicted octanol–water partition coefficient (Wildman–Crippen LogP) is 3.60. The van der Waals surface area contributed by atoms with Crippen LogP contribution >= 0.6 is 11.8 Å². The first-order valence-electron chi connectivity index (χ1n) is 9.52. The van der Waals surface area contributed by atoms with Crippen LogP contribution in [0.2, 0.25) is 0 Å². The average molecular weight is 475 g/mol. The monoisotopic (exact) mass is 475 g/mol. The van der Waals surface area contributed by atoms with Crippen molar-refractivity contribution in [2.24, 2.45) is 7.05 Å². The summed E-state index contributed by atoms with van der Waals surface area (Å²) in [6.45, 7) is 0. The molecule has 0 aliphatic carbocycles. The summed E-state index contributed by atoms with van der Waals surface area (Å²) in [5.41, 5.74) is -0.194. The van der Waals surface area contributed by atoms with Crippen LogP contribution in [0.15, 0.2) is 58.3 Å². The number of aromatic nitrogens is 6. The molecule has 0 aliphatic rings. The highest BCUT2D eigenvalue weighted by molar-refractivity contribution is 7.99. The van der Waals surface area contributed by atoms with Crippen LogP contribution in [0.3, 0.4) is 0 Å². The van der Waals surface area contributed by atoms with Crippen LogP contribution in [0.5, 0.6) is 0 Å². The SMILES string of the molecule is Cn1c(Cc2nc(-c3ccccn3)no2)nnc1SCC(=O)Nc1cccc(C(F)(F)F)c1. The molecule has 0 fully saturated rings. The molecule has 1 amide bonds. The zero-order valence-electron chi connectivity index (χ0n) is 17.1. The lowest BCUT2D eigenvalue weighted by atomic mass is 10.2. The maximum Gasteiger partial charge on any atom is 0.416 e. The van der Waals surface area contributed by atoms with Crippen LogP contribution in [-0.4, -0.2) is 41.5 Å². The summed E-state index contributed by atoms with van der Waals surface area (Å²) >= 11 is 1.10. The number of thioether (sulfide) groups is 1. The molecule has 4 rings (SSSR count). The minimum atomic E-state index is -4.48. The van der Waals surface area contributed by atoms with Gasteiger partial charge >= 0.3 is 6.18 Å². The standard InChI is InChI=1S/C20H16F3N7O2S/c1-30-15(10-17-26-18(29-32-17)14-7-2-3-8-24-14)27-28-19(30)33-11-16(31)25-13-6-4-5-12(9-13)20(21,22)23/h2-9H,10-11H2,1H3,(H,25,31). The topological polar surface area (TPSA) is 112 Å². The molecule has 0 saturated carbocycles. The van der Waals surface area contributed by atoms with Crippen molar-refractivity contribution in [3.05, 3.63) is 65.9 Å². The van der Waals surface area contributed by atoms with Crippen LogP contribution in [0.25, 0.3) is 11.5 Å². The van der Waals surface area contributed by atoms with E-state index in [1.807, 2.05) is 6.07 Å². The van der Waals surface area contributed by atoms with Gasteiger partial charge in [0.05, 0.1) is 17.7 Å². The number of nitrogens with one attached hydrogen (secondary N) is 1. The molecule has 0 aliphatic heterocycles. The molecular formula is C20H16F3N7O2S. The van der Waals surface area contributed by atoms with Crippen LogP contribution in [0.4, 0.5) is 18.9 Å². The first-order chi connectivity index (χ1) is 15.8. The fourth-order valence-electron chi connectivity index (χ4n) is 2.79. The molecule has 3 heterocycles. The smallest absolute Gasteiger partial charge is 0.338 e. The molecule has 0 radical (unpaired) electrons. The number of alkyl halides is 3. The second-order valence-electron chi connectivity index (χ2n) is 6.78. The van der Waals surface area contributed by atoms with Gasteiger partial charge in [-0.3, -0.25) is 9.78 Å². The summed E-state index contributed by atoms with van der Waals surface area (Å²) in [7, 11) is 1.72. The Morgan fingerprint density at radius 3 is 2.79 bits per heavy atom. The Hall–Kier alpha value is -3.74. The van der Waals surface area contributed by atoms with Crippen LogP contribution in [-0.2, 0) is 24.4 Å². The van der Waals surface area contributed by atoms with Gasteiger partial charge in [-0.05, 0) is 30.3 Å². The molecule has 170 valence electrons. The molecule has 0 atom stereocenters. The number of pyridine rings is 1. The van der Waals surface area contributed by atoms with Gasteiger partial charge in [0, 0.05) is 18.9 Å². The number of carbonyl (C=O) groups excluding carboxylic acids is 1. The van der Waals surface area contributed by atoms with Crippen molar-refractivity contribution in [2.75, 3.05) is 11.1 Å². The summed E-state index contributed by atoms with van der Waals surface area (Å²) in [5, 5.41) is 14.9. The summed E-state index contributed by atoms with van der Waals surface area (Å²) in [4.78, 5) is 20.6. The summed E-state index contributed by atoms with van der Waals surface area (Å²) in [6.07, 6.45) is -2.64. The average Bonchev–Trinajstić information content (AvgIpc) is 3.40. The van der Waals surface area contributed by atoms with Crippen molar-refractivity contribution in [2.45, 2.75) is 17.8 Å². The number of halogens is 3. The lowest BCUT2D eigenvalue weighted by Gasteiger charge is -2.09. The van der Waals surface area contributed by atoms with Gasteiger partial charge in [-0.1, -0.05) is 29.1 Å². The molecule has 1 N–H and O–H groups in total. The summed E-state index contributed by atoms with van der Waals surface area (Å²) in [6, 6.07) is 9.80. The van der Waals surface area contributed by atoms with Crippen molar-refractivity contribution < 1.29 is 22.5 Å². The zero-order valence-corrected chi connectivity index (χ0v) is 17.9. The van der Waals surface area contributed by atoms with E-state index < -0.39 is 17.6 Å². The second kappa shape index (κ2) is 9.40. The van der Waals surface area contributed by atoms with Gasteiger partial charge in [-0.15, -0.1) is 10.2 Å². The maximum absolute atomic E-state index is 12.8. The first-order valence-corrected chi connectivity index (χ1v) is 10.5. The van der Waals surface area contributed by atoms with Gasteiger partial charge in [0.15, 0.2) is 5.16 Å². The summed E-state index contributed by atoms with van der Waals surface area (Å²) < 4.78 is 45.4. The van der Waals surface area contributed by atoms with Crippen molar-refractivity contribution in [3.8, 4) is 11.5 Å². The molecule has 1 aromatic carbocycles. The quantitative estimate of drug-likeness (QED) is 0.404. The highest BCUT2D eigenvalue weighted by Gasteiger charge is 2.30. The Bertz CT molecular complexity index is 1260. The molecule has 33 heavy (non-hydrogen) atoms. The van der Waals surface area contributed by atoms with Crippen LogP contribution < -0.4 is 5.32 Å². The fraction of sp³-hybridized carbons (Fsp3) is 0.200. The van der Waals surface area contributed by atoms with Crippen molar-refractivity contribution in [3.63, 3.8) is 0 Å². The Morgan fingerprint density at radius 1 is 1.18 bits per heavy atom. The van der Waals surface area contributed by atoms with E-state index in [1.165, 1.54) is 12.1 Å². The van der Waals surface area contributed by atoms with E-state index in [0.717, 1.165) is 23.9 Å². The summed E-state index contributed by atoms with van der Waals surface area (Å²) in [5.74, 6) is 0.679. The number of hydrogen-bond acceptors (Lipinski definition) is 8. The zero-order chi connectivity index (χ0) is 23.4. The van der Waals surface area contributed by atoms with Gasteiger partial charge in [0.2, 0.25) is 17.6 Å². The third-order valence-corrected chi connectivity index (χ3v) is 5.42. The molecule has 4 aromatic rings. The van der Waals surface area contributed by atoms with Gasteiger partial charge < -0.3 is 14.4 Å². The van der Waals surface area contributed by atoms with E-state index in [-0.39, 0.29) is 17.9 Å². The molecule has 0 spiro atoms. The van der Waals surface area contributed by atoms with Gasteiger partial charge in [0.1, 0.15) is 11.5 Å². The number of rotatable bonds is 7. The number of carbonyl (C=O) groups is 1. The molecule has 0 unspecified atom stereocenters. The Morgan fingerprint density at radius 2 is 2.03 bits per heavy atom. The normalized spacial score (nSPS) is 11.5. The van der Waals surface area contributed by atoms with E-state index in [9.17, 15) is 18.0 Å². The number of hydrogen-bond donors (Lipinski definition) is 1. The maximum atomic E-state index is 12.8. The Kier molecular flexibility index (Phi) is 6.40. The highest BCUT2D eigenvalue weighted by atomic mass is 32.2. The lowest BCUT2D eigenvalue weighted by molar-refractivity contribution is -0.137. The Balaban J connectivity index is 1.35. The number of nitrogens with zero attached hydrogens (tertiary/aromatic N) is 6. The number of anilines is 1. The van der Waals surface area contributed by atoms with E-state index >= 15 is 0 Å². The van der Waals surface area contributed by atoms with Gasteiger partial charge in [-0.2, -0.15) is 18.2 Å². The van der Waals surface area contributed by atoms with Crippen molar-refractivity contribution >= 4 is 23.4 Å². The molecule has 3 aromatic heterocycles. The number of amides is 1. The minimum absolute atomic E-state index is 0.0629. The van der Waals surface area contributed by atoms with E-state index in [4.69, 9.17) is 4.52 Å². The van der Waals surface area contributed by atoms with Gasteiger partial charge in [0.25, 0.3) is 0 Å². The molecule has 9 nitrogen and oxygen atoms in total. The van der Waals surface area contributed by atoms with E-state index in [0.29, 0.717) is 28.4 Å². The van der Waals surface area contributed by atoms with Crippen LogP contribution in [0, 0.1) is 0 Å². The third kappa shape index (κ3) is 5.55. The van der Waals surface area contributed by atoms with Crippen LogP contribution in [0.1, 0.15) is 17.3 Å². The molecule has 0 saturated heterocycles. The van der Waals surface area contributed by atoms with E-state index in [2.05, 4.69) is 30.6 Å². The fourth-order valence-corrected chi connectivity index (χ4v) is 3.52. The molecule has 0 bridgehead atoms. The highest BCUT2D eigenvalue weighted by Crippen LogP contribution is 2.30. The first kappa shape index (κ1) is 22.5. The lowest BCUT2D eigenvalue weighted by Crippen LogP contribution is -2.15. The second-order valence-corrected chi connectivity index (χ2v) is 7.72. The Labute approximate surface area is 189 Å². The van der Waals surface area contributed by atoms with Crippen molar-refractivity contribution in [1.29, 1.82) is 0 Å². The molecular weight excluding hydrogens is 459 g/mol. The minimum Gasteiger partial charge on any atom is -0.338 e. The van der Waals surface area contributed by atoms with Gasteiger partial charge in [-0.25, -0.2) is 0 Å². The molecule has 13 heteroatoms. The largest absolute Gasteiger partial charge is 0.416 e.